The zero-order chi connectivity index (χ0) is 25.4. The van der Waals surface area contributed by atoms with Crippen molar-refractivity contribution in [3.05, 3.63) is 119 Å². The topological polar surface area (TPSA) is 70.7 Å². The molecule has 5 rings (SSSR count). The van der Waals surface area contributed by atoms with Crippen molar-refractivity contribution < 1.29 is 19.1 Å². The van der Waals surface area contributed by atoms with Crippen molar-refractivity contribution in [2.45, 2.75) is 38.6 Å². The molecule has 182 valence electrons. The van der Waals surface area contributed by atoms with Gasteiger partial charge in [0.05, 0.1) is 11.6 Å². The lowest BCUT2D eigenvalue weighted by Gasteiger charge is -2.27. The Kier molecular flexibility index (Phi) is 6.00. The van der Waals surface area contributed by atoms with Gasteiger partial charge < -0.3 is 14.4 Å². The second-order valence-electron chi connectivity index (χ2n) is 10.2. The summed E-state index contributed by atoms with van der Waals surface area (Å²) in [5, 5.41) is 11.8. The number of aliphatic hydroxyl groups excluding tert-OH is 1. The molecule has 0 radical (unpaired) electrons. The number of aliphatic hydroxyl groups is 1. The molecular formula is C31H29NO4. The SMILES string of the molecule is CC(C)(C)c1ccc([C@@H]2C(C(=O)c3cc4ccccc4o3)=C(O)C(=O)N2CCc2ccccc2)cc1. The van der Waals surface area contributed by atoms with Crippen molar-refractivity contribution in [3.63, 3.8) is 0 Å². The number of furan rings is 1. The fourth-order valence-corrected chi connectivity index (χ4v) is 4.75. The maximum Gasteiger partial charge on any atom is 0.290 e. The van der Waals surface area contributed by atoms with Crippen LogP contribution in [0.15, 0.2) is 101 Å². The van der Waals surface area contributed by atoms with E-state index in [-0.39, 0.29) is 16.7 Å². The monoisotopic (exact) mass is 479 g/mol. The number of rotatable bonds is 6. The first kappa shape index (κ1) is 23.6. The molecule has 4 aromatic rings. The highest BCUT2D eigenvalue weighted by Gasteiger charge is 2.44. The maximum atomic E-state index is 13.7. The van der Waals surface area contributed by atoms with Crippen LogP contribution in [0, 0.1) is 0 Å². The van der Waals surface area contributed by atoms with Gasteiger partial charge in [-0.15, -0.1) is 0 Å². The normalized spacial score (nSPS) is 16.2. The molecule has 0 unspecified atom stereocenters. The summed E-state index contributed by atoms with van der Waals surface area (Å²) in [5.74, 6) is -1.44. The molecular weight excluding hydrogens is 450 g/mol. The molecule has 2 heterocycles. The highest BCUT2D eigenvalue weighted by atomic mass is 16.3. The summed E-state index contributed by atoms with van der Waals surface area (Å²) in [7, 11) is 0. The summed E-state index contributed by atoms with van der Waals surface area (Å²) < 4.78 is 5.81. The van der Waals surface area contributed by atoms with Crippen molar-refractivity contribution in [3.8, 4) is 0 Å². The molecule has 5 nitrogen and oxygen atoms in total. The standard InChI is InChI=1S/C31H29NO4/c1-31(2,3)23-15-13-21(14-16-23)27-26(28(33)25-19-22-11-7-8-12-24(22)36-25)29(34)30(35)32(27)18-17-20-9-5-4-6-10-20/h4-16,19,27,34H,17-18H2,1-3H3/t27-/m1/s1. The largest absolute Gasteiger partial charge is 0.503 e. The molecule has 1 amide bonds. The van der Waals surface area contributed by atoms with Crippen molar-refractivity contribution in [2.75, 3.05) is 6.54 Å². The van der Waals surface area contributed by atoms with E-state index < -0.39 is 23.5 Å². The molecule has 0 saturated heterocycles. The van der Waals surface area contributed by atoms with Crippen LogP contribution in [0.1, 0.15) is 54.1 Å². The zero-order valence-corrected chi connectivity index (χ0v) is 20.7. The van der Waals surface area contributed by atoms with Gasteiger partial charge in [-0.25, -0.2) is 0 Å². The average Bonchev–Trinajstić information content (AvgIpc) is 3.42. The van der Waals surface area contributed by atoms with Crippen LogP contribution in [-0.4, -0.2) is 28.2 Å². The van der Waals surface area contributed by atoms with Crippen LogP contribution in [0.4, 0.5) is 0 Å². The van der Waals surface area contributed by atoms with Gasteiger partial charge in [-0.3, -0.25) is 9.59 Å². The molecule has 0 fully saturated rings. The highest BCUT2D eigenvalue weighted by molar-refractivity contribution is 6.16. The number of ketones is 1. The number of carbonyl (C=O) groups excluding carboxylic acids is 2. The summed E-state index contributed by atoms with van der Waals surface area (Å²) in [6.07, 6.45) is 0.600. The van der Waals surface area contributed by atoms with E-state index in [0.29, 0.717) is 18.5 Å². The first-order valence-electron chi connectivity index (χ1n) is 12.2. The summed E-state index contributed by atoms with van der Waals surface area (Å²) in [5.41, 5.74) is 3.58. The number of hydrogen-bond acceptors (Lipinski definition) is 4. The van der Waals surface area contributed by atoms with Gasteiger partial charge in [0, 0.05) is 11.9 Å². The Balaban J connectivity index is 1.55. The van der Waals surface area contributed by atoms with E-state index in [2.05, 4.69) is 20.8 Å². The lowest BCUT2D eigenvalue weighted by molar-refractivity contribution is -0.129. The average molecular weight is 480 g/mol. The third kappa shape index (κ3) is 4.33. The first-order valence-corrected chi connectivity index (χ1v) is 12.2. The minimum absolute atomic E-state index is 0.0398. The quantitative estimate of drug-likeness (QED) is 0.318. The van der Waals surface area contributed by atoms with E-state index >= 15 is 0 Å². The number of amides is 1. The zero-order valence-electron chi connectivity index (χ0n) is 20.7. The number of hydrogen-bond donors (Lipinski definition) is 1. The lowest BCUT2D eigenvalue weighted by atomic mass is 9.85. The number of fused-ring (bicyclic) bond motifs is 1. The molecule has 0 bridgehead atoms. The molecule has 5 heteroatoms. The molecule has 0 spiro atoms. The van der Waals surface area contributed by atoms with Gasteiger partial charge >= 0.3 is 0 Å². The molecule has 1 aliphatic heterocycles. The van der Waals surface area contributed by atoms with Crippen molar-refractivity contribution in [1.82, 2.24) is 4.90 Å². The van der Waals surface area contributed by atoms with Crippen molar-refractivity contribution in [2.24, 2.45) is 0 Å². The Morgan fingerprint density at radius 1 is 0.944 bits per heavy atom. The Hall–Kier alpha value is -4.12. The Labute approximate surface area is 210 Å². The summed E-state index contributed by atoms with van der Waals surface area (Å²) in [6, 6.07) is 26.1. The van der Waals surface area contributed by atoms with Crippen LogP contribution in [0.2, 0.25) is 0 Å². The van der Waals surface area contributed by atoms with Crippen LogP contribution in [0.25, 0.3) is 11.0 Å². The molecule has 3 aromatic carbocycles. The lowest BCUT2D eigenvalue weighted by Crippen LogP contribution is -2.33. The predicted molar refractivity (Wildman–Crippen MR) is 140 cm³/mol. The van der Waals surface area contributed by atoms with Crippen LogP contribution in [-0.2, 0) is 16.6 Å². The van der Waals surface area contributed by atoms with Gasteiger partial charge in [0.25, 0.3) is 5.91 Å². The van der Waals surface area contributed by atoms with Crippen LogP contribution in [0.3, 0.4) is 0 Å². The number of benzene rings is 3. The third-order valence-electron chi connectivity index (χ3n) is 6.77. The maximum absolute atomic E-state index is 13.7. The van der Waals surface area contributed by atoms with Crippen LogP contribution >= 0.6 is 0 Å². The second-order valence-corrected chi connectivity index (χ2v) is 10.2. The Morgan fingerprint density at radius 2 is 1.61 bits per heavy atom. The van der Waals surface area contributed by atoms with E-state index in [0.717, 1.165) is 22.1 Å². The summed E-state index contributed by atoms with van der Waals surface area (Å²) >= 11 is 0. The fraction of sp³-hybridized carbons (Fsp3) is 0.226. The molecule has 36 heavy (non-hydrogen) atoms. The van der Waals surface area contributed by atoms with Gasteiger partial charge in [-0.2, -0.15) is 0 Å². The van der Waals surface area contributed by atoms with E-state index in [4.69, 9.17) is 4.42 Å². The Morgan fingerprint density at radius 3 is 2.28 bits per heavy atom. The number of carbonyl (C=O) groups is 2. The molecule has 1 aromatic heterocycles. The van der Waals surface area contributed by atoms with E-state index in [1.54, 1.807) is 17.0 Å². The Bertz CT molecular complexity index is 1420. The minimum atomic E-state index is -0.712. The molecule has 1 N–H and O–H groups in total. The van der Waals surface area contributed by atoms with E-state index in [9.17, 15) is 14.7 Å². The van der Waals surface area contributed by atoms with Gasteiger partial charge in [-0.05, 0) is 40.7 Å². The minimum Gasteiger partial charge on any atom is -0.503 e. The highest BCUT2D eigenvalue weighted by Crippen LogP contribution is 2.40. The number of para-hydroxylation sites is 1. The summed E-state index contributed by atoms with van der Waals surface area (Å²) in [4.78, 5) is 28.6. The van der Waals surface area contributed by atoms with E-state index in [1.807, 2.05) is 72.8 Å². The van der Waals surface area contributed by atoms with Crippen molar-refractivity contribution in [1.29, 1.82) is 0 Å². The van der Waals surface area contributed by atoms with Gasteiger partial charge in [-0.1, -0.05) is 93.6 Å². The van der Waals surface area contributed by atoms with E-state index in [1.165, 1.54) is 0 Å². The fourth-order valence-electron chi connectivity index (χ4n) is 4.75. The second kappa shape index (κ2) is 9.15. The molecule has 0 saturated carbocycles. The van der Waals surface area contributed by atoms with Crippen molar-refractivity contribution >= 4 is 22.7 Å². The summed E-state index contributed by atoms with van der Waals surface area (Å²) in [6.45, 7) is 6.76. The van der Waals surface area contributed by atoms with Gasteiger partial charge in [0.1, 0.15) is 5.58 Å². The smallest absolute Gasteiger partial charge is 0.290 e. The number of nitrogens with zero attached hydrogens (tertiary/aromatic N) is 1. The van der Waals surface area contributed by atoms with Gasteiger partial charge in [0.2, 0.25) is 5.78 Å². The third-order valence-corrected chi connectivity index (χ3v) is 6.77. The number of Topliss-reactive ketones (excluding diaryl/α,β-unsaturated/α-hetero) is 1. The van der Waals surface area contributed by atoms with Gasteiger partial charge in [0.15, 0.2) is 11.5 Å². The first-order chi connectivity index (χ1) is 17.2. The molecule has 1 aliphatic rings. The molecule has 0 aliphatic carbocycles. The molecule has 1 atom stereocenters. The van der Waals surface area contributed by atoms with Crippen LogP contribution < -0.4 is 0 Å². The van der Waals surface area contributed by atoms with Crippen LogP contribution in [0.5, 0.6) is 0 Å². The predicted octanol–water partition coefficient (Wildman–Crippen LogP) is 6.55.